The average Bonchev–Trinajstić information content (AvgIpc) is 2.43. The molecule has 0 amide bonds. The maximum Gasteiger partial charge on any atom is 0.185 e. The van der Waals surface area contributed by atoms with E-state index in [0.29, 0.717) is 18.2 Å². The Morgan fingerprint density at radius 3 is 2.65 bits per heavy atom. The van der Waals surface area contributed by atoms with Gasteiger partial charge in [-0.2, -0.15) is 0 Å². The molecule has 0 spiro atoms. The lowest BCUT2D eigenvalue weighted by Crippen LogP contribution is -2.29. The fourth-order valence-corrected chi connectivity index (χ4v) is 1.95. The molecule has 2 aromatic carbocycles. The highest BCUT2D eigenvalue weighted by atomic mass is 35.5. The molecule has 4 nitrogen and oxygen atoms in total. The van der Waals surface area contributed by atoms with Crippen LogP contribution in [0.5, 0.6) is 5.75 Å². The van der Waals surface area contributed by atoms with Gasteiger partial charge in [0.15, 0.2) is 5.96 Å². The van der Waals surface area contributed by atoms with Crippen molar-refractivity contribution in [1.29, 1.82) is 5.41 Å². The van der Waals surface area contributed by atoms with Crippen LogP contribution in [-0.2, 0) is 13.2 Å². The highest BCUT2D eigenvalue weighted by Gasteiger charge is 1.99. The number of ether oxygens (including phenoxy) is 1. The van der Waals surface area contributed by atoms with Crippen LogP contribution >= 0.6 is 11.6 Å². The minimum atomic E-state index is -0.0461. The Morgan fingerprint density at radius 1 is 1.15 bits per heavy atom. The Bertz CT molecular complexity index is 601. The van der Waals surface area contributed by atoms with E-state index in [2.05, 4.69) is 5.32 Å². The van der Waals surface area contributed by atoms with Crippen LogP contribution in [-0.4, -0.2) is 5.96 Å². The summed E-state index contributed by atoms with van der Waals surface area (Å²) in [5.41, 5.74) is 7.28. The predicted octanol–water partition coefficient (Wildman–Crippen LogP) is 2.90. The third-order valence-corrected chi connectivity index (χ3v) is 2.91. The van der Waals surface area contributed by atoms with Crippen molar-refractivity contribution in [2.45, 2.75) is 13.2 Å². The van der Waals surface area contributed by atoms with Crippen LogP contribution in [0.15, 0.2) is 48.5 Å². The highest BCUT2D eigenvalue weighted by molar-refractivity contribution is 6.30. The molecule has 0 bridgehead atoms. The first-order chi connectivity index (χ1) is 9.63. The number of hydrogen-bond donors (Lipinski definition) is 3. The summed E-state index contributed by atoms with van der Waals surface area (Å²) in [6.45, 7) is 0.966. The first-order valence-electron chi connectivity index (χ1n) is 6.17. The molecule has 0 aliphatic carbocycles. The second kappa shape index (κ2) is 6.82. The van der Waals surface area contributed by atoms with Crippen molar-refractivity contribution in [3.63, 3.8) is 0 Å². The van der Waals surface area contributed by atoms with Gasteiger partial charge in [0.05, 0.1) is 0 Å². The minimum Gasteiger partial charge on any atom is -0.489 e. The highest BCUT2D eigenvalue weighted by Crippen LogP contribution is 2.16. The summed E-state index contributed by atoms with van der Waals surface area (Å²) in [5.74, 6) is 0.725. The van der Waals surface area contributed by atoms with Gasteiger partial charge in [0.25, 0.3) is 0 Å². The van der Waals surface area contributed by atoms with Crippen molar-refractivity contribution in [2.24, 2.45) is 5.73 Å². The van der Waals surface area contributed by atoms with E-state index in [1.807, 2.05) is 48.5 Å². The first kappa shape index (κ1) is 14.2. The molecule has 0 saturated carbocycles. The topological polar surface area (TPSA) is 71.1 Å². The van der Waals surface area contributed by atoms with E-state index in [0.717, 1.165) is 16.9 Å². The zero-order chi connectivity index (χ0) is 14.4. The van der Waals surface area contributed by atoms with E-state index in [4.69, 9.17) is 27.5 Å². The van der Waals surface area contributed by atoms with E-state index in [1.165, 1.54) is 0 Å². The molecule has 0 atom stereocenters. The lowest BCUT2D eigenvalue weighted by molar-refractivity contribution is 0.306. The van der Waals surface area contributed by atoms with Gasteiger partial charge in [-0.05, 0) is 35.4 Å². The van der Waals surface area contributed by atoms with Crippen LogP contribution in [0.2, 0.25) is 5.02 Å². The first-order valence-corrected chi connectivity index (χ1v) is 6.55. The van der Waals surface area contributed by atoms with Crippen LogP contribution in [0.1, 0.15) is 11.1 Å². The summed E-state index contributed by atoms with van der Waals surface area (Å²) in [5, 5.41) is 10.6. The van der Waals surface area contributed by atoms with E-state index in [1.54, 1.807) is 0 Å². The SMILES string of the molecule is N=C(N)NCc1cccc(OCc2cccc(Cl)c2)c1. The minimum absolute atomic E-state index is 0.0461. The van der Waals surface area contributed by atoms with Gasteiger partial charge in [0.2, 0.25) is 0 Å². The Hall–Kier alpha value is -2.20. The molecule has 104 valence electrons. The lowest BCUT2D eigenvalue weighted by atomic mass is 10.2. The normalized spacial score (nSPS) is 10.1. The number of benzene rings is 2. The molecule has 0 aliphatic rings. The molecule has 0 heterocycles. The van der Waals surface area contributed by atoms with E-state index in [-0.39, 0.29) is 5.96 Å². The number of halogens is 1. The van der Waals surface area contributed by atoms with Gasteiger partial charge in [-0.15, -0.1) is 0 Å². The van der Waals surface area contributed by atoms with Gasteiger partial charge in [-0.25, -0.2) is 0 Å². The molecule has 5 heteroatoms. The summed E-state index contributed by atoms with van der Waals surface area (Å²) in [6, 6.07) is 15.2. The molecular weight excluding hydrogens is 274 g/mol. The summed E-state index contributed by atoms with van der Waals surface area (Å²) in [4.78, 5) is 0. The molecular formula is C15H16ClN3O. The smallest absolute Gasteiger partial charge is 0.185 e. The van der Waals surface area contributed by atoms with Gasteiger partial charge in [-0.1, -0.05) is 35.9 Å². The molecule has 20 heavy (non-hydrogen) atoms. The van der Waals surface area contributed by atoms with Gasteiger partial charge >= 0.3 is 0 Å². The van der Waals surface area contributed by atoms with Crippen molar-refractivity contribution in [2.75, 3.05) is 0 Å². The maximum absolute atomic E-state index is 7.13. The summed E-state index contributed by atoms with van der Waals surface area (Å²) >= 11 is 5.93. The van der Waals surface area contributed by atoms with Crippen molar-refractivity contribution in [3.05, 3.63) is 64.7 Å². The Morgan fingerprint density at radius 2 is 1.90 bits per heavy atom. The van der Waals surface area contributed by atoms with Crippen LogP contribution in [0.25, 0.3) is 0 Å². The van der Waals surface area contributed by atoms with Crippen molar-refractivity contribution < 1.29 is 4.74 Å². The third-order valence-electron chi connectivity index (χ3n) is 2.68. The zero-order valence-corrected chi connectivity index (χ0v) is 11.7. The fraction of sp³-hybridized carbons (Fsp3) is 0.133. The maximum atomic E-state index is 7.13. The van der Waals surface area contributed by atoms with Gasteiger partial charge in [0.1, 0.15) is 12.4 Å². The molecule has 0 fully saturated rings. The molecule has 4 N–H and O–H groups in total. The molecule has 0 radical (unpaired) electrons. The summed E-state index contributed by atoms with van der Waals surface area (Å²) in [6.07, 6.45) is 0. The summed E-state index contributed by atoms with van der Waals surface area (Å²) in [7, 11) is 0. The lowest BCUT2D eigenvalue weighted by Gasteiger charge is -2.09. The van der Waals surface area contributed by atoms with E-state index < -0.39 is 0 Å². The van der Waals surface area contributed by atoms with Gasteiger partial charge in [0, 0.05) is 11.6 Å². The number of nitrogens with two attached hydrogens (primary N) is 1. The molecule has 2 aromatic rings. The van der Waals surface area contributed by atoms with Crippen LogP contribution in [0, 0.1) is 5.41 Å². The Labute approximate surface area is 123 Å². The van der Waals surface area contributed by atoms with E-state index in [9.17, 15) is 0 Å². The largest absolute Gasteiger partial charge is 0.489 e. The fourth-order valence-electron chi connectivity index (χ4n) is 1.74. The molecule has 0 saturated heterocycles. The molecule has 0 aliphatic heterocycles. The second-order valence-corrected chi connectivity index (χ2v) is 4.77. The van der Waals surface area contributed by atoms with Crippen LogP contribution in [0.4, 0.5) is 0 Å². The third kappa shape index (κ3) is 4.48. The quantitative estimate of drug-likeness (QED) is 0.585. The molecule has 2 rings (SSSR count). The Balaban J connectivity index is 1.95. The predicted molar refractivity (Wildman–Crippen MR) is 81.0 cm³/mol. The van der Waals surface area contributed by atoms with Crippen molar-refractivity contribution in [1.82, 2.24) is 5.32 Å². The van der Waals surface area contributed by atoms with Crippen molar-refractivity contribution in [3.8, 4) is 5.75 Å². The average molecular weight is 290 g/mol. The molecule has 0 unspecified atom stereocenters. The number of rotatable bonds is 5. The molecule has 0 aromatic heterocycles. The van der Waals surface area contributed by atoms with Gasteiger partial charge < -0.3 is 15.8 Å². The standard InChI is InChI=1S/C15H16ClN3O/c16-13-5-1-4-12(7-13)10-20-14-6-2-3-11(8-14)9-19-15(17)18/h1-8H,9-10H2,(H4,17,18,19). The zero-order valence-electron chi connectivity index (χ0n) is 10.9. The second-order valence-electron chi connectivity index (χ2n) is 4.33. The summed E-state index contributed by atoms with van der Waals surface area (Å²) < 4.78 is 5.72. The van der Waals surface area contributed by atoms with Crippen LogP contribution in [0.3, 0.4) is 0 Å². The monoisotopic (exact) mass is 289 g/mol. The Kier molecular flexibility index (Phi) is 4.85. The number of hydrogen-bond acceptors (Lipinski definition) is 2. The van der Waals surface area contributed by atoms with E-state index >= 15 is 0 Å². The van der Waals surface area contributed by atoms with Gasteiger partial charge in [-0.3, -0.25) is 5.41 Å². The number of guanidine groups is 1. The van der Waals surface area contributed by atoms with Crippen LogP contribution < -0.4 is 15.8 Å². The number of nitrogens with one attached hydrogen (secondary N) is 2. The van der Waals surface area contributed by atoms with Crippen molar-refractivity contribution >= 4 is 17.6 Å².